The van der Waals surface area contributed by atoms with E-state index in [2.05, 4.69) is 47.8 Å². The second-order valence-electron chi connectivity index (χ2n) is 8.96. The van der Waals surface area contributed by atoms with E-state index in [0.29, 0.717) is 6.54 Å². The zero-order valence-electron chi connectivity index (χ0n) is 19.1. The first kappa shape index (κ1) is 24.6. The first-order chi connectivity index (χ1) is 15.1. The molecule has 1 aliphatic rings. The second kappa shape index (κ2) is 10.7. The van der Waals surface area contributed by atoms with Gasteiger partial charge in [-0.15, -0.1) is 0 Å². The Morgan fingerprint density at radius 1 is 1.00 bits per heavy atom. The highest BCUT2D eigenvalue weighted by Crippen LogP contribution is 2.23. The molecule has 1 aliphatic heterocycles. The predicted molar refractivity (Wildman–Crippen MR) is 133 cm³/mol. The number of thioether (sulfide) groups is 1. The highest BCUT2D eigenvalue weighted by atomic mass is 32.2. The van der Waals surface area contributed by atoms with Crippen LogP contribution < -0.4 is 14.9 Å². The minimum atomic E-state index is -3.64. The smallest absolute Gasteiger partial charge is 0.240 e. The van der Waals surface area contributed by atoms with E-state index >= 15 is 0 Å². The lowest BCUT2D eigenvalue weighted by Gasteiger charge is -2.28. The largest absolute Gasteiger partial charge is 0.370 e. The lowest BCUT2D eigenvalue weighted by Crippen LogP contribution is -2.32. The van der Waals surface area contributed by atoms with Gasteiger partial charge in [0.1, 0.15) is 0 Å². The van der Waals surface area contributed by atoms with Gasteiger partial charge in [-0.3, -0.25) is 4.79 Å². The molecule has 1 amide bonds. The summed E-state index contributed by atoms with van der Waals surface area (Å²) in [5, 5.41) is 2.86. The first-order valence-corrected chi connectivity index (χ1v) is 13.6. The molecule has 1 fully saturated rings. The number of benzene rings is 2. The number of nitrogens with zero attached hydrogens (tertiary/aromatic N) is 1. The summed E-state index contributed by atoms with van der Waals surface area (Å²) in [6.45, 7) is 8.85. The van der Waals surface area contributed by atoms with Crippen molar-refractivity contribution < 1.29 is 13.2 Å². The minimum Gasteiger partial charge on any atom is -0.370 e. The van der Waals surface area contributed by atoms with Gasteiger partial charge < -0.3 is 10.2 Å². The highest BCUT2D eigenvalue weighted by Gasteiger charge is 2.17. The fraction of sp³-hybridized carbons (Fsp3) is 0.458. The second-order valence-corrected chi connectivity index (χ2v) is 12.0. The maximum Gasteiger partial charge on any atom is 0.240 e. The number of carbonyl (C=O) groups excluding carboxylic acids is 1. The van der Waals surface area contributed by atoms with Crippen LogP contribution in [0.2, 0.25) is 0 Å². The number of hydrogen-bond acceptors (Lipinski definition) is 5. The van der Waals surface area contributed by atoms with Crippen LogP contribution in [0.15, 0.2) is 53.4 Å². The van der Waals surface area contributed by atoms with Gasteiger partial charge in [-0.2, -0.15) is 11.8 Å². The maximum atomic E-state index is 12.5. The van der Waals surface area contributed by atoms with Crippen molar-refractivity contribution in [3.63, 3.8) is 0 Å². The molecule has 0 bridgehead atoms. The van der Waals surface area contributed by atoms with Crippen molar-refractivity contribution in [2.75, 3.05) is 36.0 Å². The van der Waals surface area contributed by atoms with Crippen molar-refractivity contribution >= 4 is 33.4 Å². The van der Waals surface area contributed by atoms with Gasteiger partial charge in [0, 0.05) is 49.8 Å². The van der Waals surface area contributed by atoms with E-state index in [0.717, 1.165) is 35.7 Å². The van der Waals surface area contributed by atoms with Gasteiger partial charge in [0.2, 0.25) is 15.9 Å². The fourth-order valence-corrected chi connectivity index (χ4v) is 5.39. The number of amides is 1. The number of hydrogen-bond donors (Lipinski definition) is 2. The number of rotatable bonds is 8. The zero-order chi connectivity index (χ0) is 23.2. The van der Waals surface area contributed by atoms with E-state index in [1.165, 1.54) is 5.69 Å². The van der Waals surface area contributed by atoms with Crippen LogP contribution >= 0.6 is 11.8 Å². The molecule has 0 aromatic heterocycles. The summed E-state index contributed by atoms with van der Waals surface area (Å²) >= 11 is 1.98. The van der Waals surface area contributed by atoms with Crippen LogP contribution in [-0.4, -0.2) is 45.5 Å². The topological polar surface area (TPSA) is 78.5 Å². The molecule has 32 heavy (non-hydrogen) atoms. The Balaban J connectivity index is 1.42. The van der Waals surface area contributed by atoms with E-state index in [9.17, 15) is 13.2 Å². The highest BCUT2D eigenvalue weighted by molar-refractivity contribution is 7.99. The van der Waals surface area contributed by atoms with Gasteiger partial charge in [0.05, 0.1) is 4.90 Å². The molecule has 0 spiro atoms. The zero-order valence-corrected chi connectivity index (χ0v) is 20.7. The van der Waals surface area contributed by atoms with Crippen LogP contribution in [0.5, 0.6) is 0 Å². The van der Waals surface area contributed by atoms with Gasteiger partial charge in [0.15, 0.2) is 0 Å². The molecule has 6 nitrogen and oxygen atoms in total. The molecule has 2 N–H and O–H groups in total. The summed E-state index contributed by atoms with van der Waals surface area (Å²) in [7, 11) is -3.64. The molecule has 2 aromatic carbocycles. The van der Waals surface area contributed by atoms with Gasteiger partial charge >= 0.3 is 0 Å². The van der Waals surface area contributed by atoms with Crippen LogP contribution in [0, 0.1) is 0 Å². The number of sulfonamides is 1. The van der Waals surface area contributed by atoms with Gasteiger partial charge in [0.25, 0.3) is 0 Å². The van der Waals surface area contributed by atoms with Gasteiger partial charge in [-0.25, -0.2) is 13.1 Å². The number of nitrogens with one attached hydrogen (secondary N) is 2. The number of anilines is 1. The quantitative estimate of drug-likeness (QED) is 0.611. The van der Waals surface area contributed by atoms with Gasteiger partial charge in [-0.1, -0.05) is 45.0 Å². The van der Waals surface area contributed by atoms with E-state index < -0.39 is 10.0 Å². The summed E-state index contributed by atoms with van der Waals surface area (Å²) in [5.41, 5.74) is 3.26. The van der Waals surface area contributed by atoms with Crippen LogP contribution in [0.4, 0.5) is 5.69 Å². The van der Waals surface area contributed by atoms with E-state index in [4.69, 9.17) is 0 Å². The third-order valence-corrected chi connectivity index (χ3v) is 7.90. The van der Waals surface area contributed by atoms with Crippen LogP contribution in [0.25, 0.3) is 0 Å². The minimum absolute atomic E-state index is 0.0408. The molecule has 174 valence electrons. The molecule has 0 aliphatic carbocycles. The average Bonchev–Trinajstić information content (AvgIpc) is 2.78. The molecule has 0 saturated carbocycles. The Bertz CT molecular complexity index is 992. The third kappa shape index (κ3) is 6.98. The summed E-state index contributed by atoms with van der Waals surface area (Å²) in [6.07, 6.45) is 0.0861. The molecular formula is C24H33N3O3S2. The summed E-state index contributed by atoms with van der Waals surface area (Å²) in [5.74, 6) is 2.13. The Morgan fingerprint density at radius 2 is 1.62 bits per heavy atom. The Morgan fingerprint density at radius 3 is 2.22 bits per heavy atom. The lowest BCUT2D eigenvalue weighted by molar-refractivity contribution is -0.121. The standard InChI is InChI=1S/C24H33N3O3S2/c1-24(2,3)20-6-10-22(11-7-20)32(29,30)26-13-12-23(28)25-18-19-4-8-21(9-5-19)27-14-16-31-17-15-27/h4-11,26H,12-18H2,1-3H3,(H,25,28). The summed E-state index contributed by atoms with van der Waals surface area (Å²) < 4.78 is 27.4. The molecule has 0 atom stereocenters. The van der Waals surface area contributed by atoms with Gasteiger partial charge in [-0.05, 0) is 40.8 Å². The normalized spacial score (nSPS) is 14.9. The van der Waals surface area contributed by atoms with Crippen LogP contribution in [0.1, 0.15) is 38.3 Å². The predicted octanol–water partition coefficient (Wildman–Crippen LogP) is 3.52. The third-order valence-electron chi connectivity index (χ3n) is 5.48. The molecule has 2 aromatic rings. The van der Waals surface area contributed by atoms with Crippen molar-refractivity contribution in [1.82, 2.24) is 10.0 Å². The Labute approximate surface area is 196 Å². The van der Waals surface area contributed by atoms with Crippen molar-refractivity contribution in [1.29, 1.82) is 0 Å². The SMILES string of the molecule is CC(C)(C)c1ccc(S(=O)(=O)NCCC(=O)NCc2ccc(N3CCSCC3)cc2)cc1. The van der Waals surface area contributed by atoms with Crippen LogP contribution in [0.3, 0.4) is 0 Å². The molecule has 0 radical (unpaired) electrons. The van der Waals surface area contributed by atoms with E-state index in [-0.39, 0.29) is 29.2 Å². The fourth-order valence-electron chi connectivity index (χ4n) is 3.45. The molecular weight excluding hydrogens is 442 g/mol. The lowest BCUT2D eigenvalue weighted by atomic mass is 9.87. The molecule has 1 saturated heterocycles. The van der Waals surface area contributed by atoms with E-state index in [1.807, 2.05) is 36.0 Å². The summed E-state index contributed by atoms with van der Waals surface area (Å²) in [6, 6.07) is 15.1. The number of carbonyl (C=O) groups is 1. The van der Waals surface area contributed by atoms with Crippen molar-refractivity contribution in [3.8, 4) is 0 Å². The first-order valence-electron chi connectivity index (χ1n) is 10.9. The van der Waals surface area contributed by atoms with Crippen molar-refractivity contribution in [2.45, 2.75) is 44.0 Å². The Hall–Kier alpha value is -2.03. The van der Waals surface area contributed by atoms with Crippen LogP contribution in [-0.2, 0) is 26.8 Å². The van der Waals surface area contributed by atoms with E-state index in [1.54, 1.807) is 12.1 Å². The summed E-state index contributed by atoms with van der Waals surface area (Å²) in [4.78, 5) is 14.7. The molecule has 3 rings (SSSR count). The maximum absolute atomic E-state index is 12.5. The Kier molecular flexibility index (Phi) is 8.25. The molecule has 1 heterocycles. The van der Waals surface area contributed by atoms with Crippen molar-refractivity contribution in [2.24, 2.45) is 0 Å². The molecule has 8 heteroatoms. The molecule has 0 unspecified atom stereocenters. The monoisotopic (exact) mass is 475 g/mol. The van der Waals surface area contributed by atoms with Crippen molar-refractivity contribution in [3.05, 3.63) is 59.7 Å². The average molecular weight is 476 g/mol.